The highest BCUT2D eigenvalue weighted by molar-refractivity contribution is 5.87. The van der Waals surface area contributed by atoms with E-state index in [1.165, 1.54) is 5.56 Å². The maximum absolute atomic E-state index is 12.4. The zero-order valence-corrected chi connectivity index (χ0v) is 12.2. The SMILES string of the molecule is CC1CN(C)CCC1NC(=O)[C@@H]1Cc2ccccc2N1. The van der Waals surface area contributed by atoms with Crippen molar-refractivity contribution in [1.29, 1.82) is 0 Å². The second kappa shape index (κ2) is 5.44. The van der Waals surface area contributed by atoms with Crippen LogP contribution >= 0.6 is 0 Å². The lowest BCUT2D eigenvalue weighted by molar-refractivity contribution is -0.123. The van der Waals surface area contributed by atoms with Crippen molar-refractivity contribution in [3.8, 4) is 0 Å². The number of benzene rings is 1. The molecule has 0 bridgehead atoms. The quantitative estimate of drug-likeness (QED) is 0.858. The highest BCUT2D eigenvalue weighted by Crippen LogP contribution is 2.25. The Balaban J connectivity index is 1.59. The third kappa shape index (κ3) is 2.66. The van der Waals surface area contributed by atoms with Crippen molar-refractivity contribution >= 4 is 11.6 Å². The van der Waals surface area contributed by atoms with Crippen molar-refractivity contribution < 1.29 is 4.79 Å². The normalized spacial score (nSPS) is 29.6. The Morgan fingerprint density at radius 2 is 2.20 bits per heavy atom. The van der Waals surface area contributed by atoms with Gasteiger partial charge in [0.2, 0.25) is 5.91 Å². The fraction of sp³-hybridized carbons (Fsp3) is 0.562. The number of fused-ring (bicyclic) bond motifs is 1. The first kappa shape index (κ1) is 13.4. The van der Waals surface area contributed by atoms with Crippen LogP contribution in [-0.2, 0) is 11.2 Å². The molecule has 0 aromatic heterocycles. The lowest BCUT2D eigenvalue weighted by Gasteiger charge is -2.35. The molecule has 0 spiro atoms. The Bertz CT molecular complexity index is 477. The molecule has 0 saturated carbocycles. The summed E-state index contributed by atoms with van der Waals surface area (Å²) in [4.78, 5) is 14.8. The number of nitrogens with zero attached hydrogens (tertiary/aromatic N) is 1. The largest absolute Gasteiger partial charge is 0.373 e. The molecule has 1 fully saturated rings. The molecule has 108 valence electrons. The fourth-order valence-electron chi connectivity index (χ4n) is 3.31. The van der Waals surface area contributed by atoms with Gasteiger partial charge in [0, 0.05) is 24.7 Å². The van der Waals surface area contributed by atoms with Gasteiger partial charge in [-0.3, -0.25) is 4.79 Å². The molecular formula is C16H23N3O. The number of hydrogen-bond donors (Lipinski definition) is 2. The average molecular weight is 273 g/mol. The second-order valence-electron chi connectivity index (χ2n) is 6.20. The Kier molecular flexibility index (Phi) is 3.66. The number of nitrogens with one attached hydrogen (secondary N) is 2. The summed E-state index contributed by atoms with van der Waals surface area (Å²) in [6, 6.07) is 8.36. The summed E-state index contributed by atoms with van der Waals surface area (Å²) < 4.78 is 0. The number of likely N-dealkylation sites (tertiary alicyclic amines) is 1. The third-order valence-corrected chi connectivity index (χ3v) is 4.52. The van der Waals surface area contributed by atoms with Crippen molar-refractivity contribution in [2.45, 2.75) is 31.8 Å². The molecule has 4 nitrogen and oxygen atoms in total. The predicted octanol–water partition coefficient (Wildman–Crippen LogP) is 1.48. The van der Waals surface area contributed by atoms with E-state index < -0.39 is 0 Å². The summed E-state index contributed by atoms with van der Waals surface area (Å²) in [5, 5.41) is 6.56. The molecule has 20 heavy (non-hydrogen) atoms. The standard InChI is InChI=1S/C16H23N3O/c1-11-10-19(2)8-7-13(11)18-16(20)15-9-12-5-3-4-6-14(12)17-15/h3-6,11,13,15,17H,7-10H2,1-2H3,(H,18,20)/t11?,13?,15-/m0/s1. The minimum Gasteiger partial charge on any atom is -0.373 e. The third-order valence-electron chi connectivity index (χ3n) is 4.52. The lowest BCUT2D eigenvalue weighted by Crippen LogP contribution is -2.52. The van der Waals surface area contributed by atoms with Crippen LogP contribution in [0.4, 0.5) is 5.69 Å². The summed E-state index contributed by atoms with van der Waals surface area (Å²) >= 11 is 0. The first-order valence-electron chi connectivity index (χ1n) is 7.47. The first-order chi connectivity index (χ1) is 9.63. The van der Waals surface area contributed by atoms with Crippen LogP contribution < -0.4 is 10.6 Å². The van der Waals surface area contributed by atoms with E-state index in [0.29, 0.717) is 12.0 Å². The number of carbonyl (C=O) groups excluding carboxylic acids is 1. The van der Waals surface area contributed by atoms with Crippen LogP contribution in [0, 0.1) is 5.92 Å². The molecule has 1 amide bonds. The Morgan fingerprint density at radius 3 is 2.95 bits per heavy atom. The van der Waals surface area contributed by atoms with E-state index in [2.05, 4.69) is 35.6 Å². The number of amides is 1. The smallest absolute Gasteiger partial charge is 0.243 e. The van der Waals surface area contributed by atoms with Gasteiger partial charge in [0.05, 0.1) is 0 Å². The van der Waals surface area contributed by atoms with Crippen LogP contribution in [0.25, 0.3) is 0 Å². The number of para-hydroxylation sites is 1. The highest BCUT2D eigenvalue weighted by Gasteiger charge is 2.31. The second-order valence-corrected chi connectivity index (χ2v) is 6.20. The zero-order chi connectivity index (χ0) is 14.1. The molecular weight excluding hydrogens is 250 g/mol. The molecule has 2 aliphatic heterocycles. The van der Waals surface area contributed by atoms with E-state index in [1.54, 1.807) is 0 Å². The summed E-state index contributed by atoms with van der Waals surface area (Å²) in [5.74, 6) is 0.657. The highest BCUT2D eigenvalue weighted by atomic mass is 16.2. The molecule has 2 unspecified atom stereocenters. The molecule has 1 saturated heterocycles. The van der Waals surface area contributed by atoms with Crippen molar-refractivity contribution in [2.75, 3.05) is 25.5 Å². The van der Waals surface area contributed by atoms with Crippen molar-refractivity contribution in [3.05, 3.63) is 29.8 Å². The van der Waals surface area contributed by atoms with Gasteiger partial charge in [-0.05, 0) is 37.6 Å². The number of carbonyl (C=O) groups is 1. The summed E-state index contributed by atoms with van der Waals surface area (Å²) in [6.07, 6.45) is 1.84. The molecule has 0 radical (unpaired) electrons. The van der Waals surface area contributed by atoms with E-state index in [9.17, 15) is 4.79 Å². The first-order valence-corrected chi connectivity index (χ1v) is 7.47. The molecule has 2 aliphatic rings. The molecule has 4 heteroatoms. The molecule has 1 aromatic rings. The fourth-order valence-corrected chi connectivity index (χ4v) is 3.31. The predicted molar refractivity (Wildman–Crippen MR) is 80.8 cm³/mol. The summed E-state index contributed by atoms with van der Waals surface area (Å²) in [6.45, 7) is 4.34. The number of piperidine rings is 1. The van der Waals surface area contributed by atoms with E-state index in [1.807, 2.05) is 18.2 Å². The van der Waals surface area contributed by atoms with Gasteiger partial charge >= 0.3 is 0 Å². The van der Waals surface area contributed by atoms with Gasteiger partial charge in [-0.15, -0.1) is 0 Å². The van der Waals surface area contributed by atoms with Gasteiger partial charge in [0.1, 0.15) is 6.04 Å². The maximum atomic E-state index is 12.4. The van der Waals surface area contributed by atoms with E-state index in [4.69, 9.17) is 0 Å². The Morgan fingerprint density at radius 1 is 1.40 bits per heavy atom. The molecule has 3 rings (SSSR count). The summed E-state index contributed by atoms with van der Waals surface area (Å²) in [5.41, 5.74) is 2.34. The molecule has 0 aliphatic carbocycles. The van der Waals surface area contributed by atoms with Crippen LogP contribution in [0.3, 0.4) is 0 Å². The van der Waals surface area contributed by atoms with E-state index >= 15 is 0 Å². The van der Waals surface area contributed by atoms with Crippen LogP contribution in [-0.4, -0.2) is 43.0 Å². The van der Waals surface area contributed by atoms with Crippen LogP contribution in [0.15, 0.2) is 24.3 Å². The molecule has 2 heterocycles. The van der Waals surface area contributed by atoms with E-state index in [0.717, 1.165) is 31.6 Å². The van der Waals surface area contributed by atoms with Gasteiger partial charge in [0.25, 0.3) is 0 Å². The number of rotatable bonds is 2. The topological polar surface area (TPSA) is 44.4 Å². The summed E-state index contributed by atoms with van der Waals surface area (Å²) in [7, 11) is 2.14. The Labute approximate surface area is 120 Å². The molecule has 2 N–H and O–H groups in total. The van der Waals surface area contributed by atoms with Crippen molar-refractivity contribution in [1.82, 2.24) is 10.2 Å². The van der Waals surface area contributed by atoms with Gasteiger partial charge < -0.3 is 15.5 Å². The number of hydrogen-bond acceptors (Lipinski definition) is 3. The van der Waals surface area contributed by atoms with Gasteiger partial charge in [-0.25, -0.2) is 0 Å². The van der Waals surface area contributed by atoms with Gasteiger partial charge in [0.15, 0.2) is 0 Å². The monoisotopic (exact) mass is 273 g/mol. The number of anilines is 1. The zero-order valence-electron chi connectivity index (χ0n) is 12.2. The van der Waals surface area contributed by atoms with Crippen LogP contribution in [0.2, 0.25) is 0 Å². The maximum Gasteiger partial charge on any atom is 0.243 e. The minimum atomic E-state index is -0.112. The van der Waals surface area contributed by atoms with Crippen molar-refractivity contribution in [2.24, 2.45) is 5.92 Å². The van der Waals surface area contributed by atoms with Crippen LogP contribution in [0.1, 0.15) is 18.9 Å². The van der Waals surface area contributed by atoms with Gasteiger partial charge in [-0.1, -0.05) is 25.1 Å². The van der Waals surface area contributed by atoms with Crippen molar-refractivity contribution in [3.63, 3.8) is 0 Å². The molecule has 1 aromatic carbocycles. The lowest BCUT2D eigenvalue weighted by atomic mass is 9.94. The average Bonchev–Trinajstić information content (AvgIpc) is 2.86. The van der Waals surface area contributed by atoms with Gasteiger partial charge in [-0.2, -0.15) is 0 Å². The van der Waals surface area contributed by atoms with E-state index in [-0.39, 0.29) is 11.9 Å². The minimum absolute atomic E-state index is 0.112. The molecule has 3 atom stereocenters. The Hall–Kier alpha value is -1.55. The van der Waals surface area contributed by atoms with Crippen LogP contribution in [0.5, 0.6) is 0 Å².